The number of aliphatic hydroxyl groups is 1. The zero-order valence-electron chi connectivity index (χ0n) is 9.75. The van der Waals surface area contributed by atoms with Crippen LogP contribution in [-0.4, -0.2) is 53.4 Å². The number of β-amino-alcohol motifs (C(OH)–C–C–N with tert-alkyl or cyclic N) is 1. The number of hydrogen-bond donors (Lipinski definition) is 2. The summed E-state index contributed by atoms with van der Waals surface area (Å²) >= 11 is 0. The highest BCUT2D eigenvalue weighted by molar-refractivity contribution is 5.39. The van der Waals surface area contributed by atoms with Crippen molar-refractivity contribution in [2.75, 3.05) is 30.8 Å². The highest BCUT2D eigenvalue weighted by Crippen LogP contribution is 2.31. The van der Waals surface area contributed by atoms with Crippen LogP contribution in [-0.2, 0) is 4.74 Å². The van der Waals surface area contributed by atoms with Gasteiger partial charge in [0.15, 0.2) is 0 Å². The van der Waals surface area contributed by atoms with Gasteiger partial charge in [-0.05, 0) is 6.07 Å². The fourth-order valence-corrected chi connectivity index (χ4v) is 2.01. The molecule has 2 atom stereocenters. The summed E-state index contributed by atoms with van der Waals surface area (Å²) in [4.78, 5) is 8.91. The number of aliphatic hydroxyl groups excluding tert-OH is 1. The van der Waals surface area contributed by atoms with Gasteiger partial charge >= 0.3 is 0 Å². The second kappa shape index (κ2) is 4.62. The van der Waals surface area contributed by atoms with Crippen molar-refractivity contribution in [3.05, 3.63) is 12.3 Å². The molecule has 0 radical (unpaired) electrons. The van der Waals surface area contributed by atoms with E-state index in [1.165, 1.54) is 17.2 Å². The molecular formula is C10H14F2N4O2. The molecule has 0 aromatic carbocycles. The summed E-state index contributed by atoms with van der Waals surface area (Å²) in [6.45, 7) is -0.649. The number of anilines is 2. The summed E-state index contributed by atoms with van der Waals surface area (Å²) in [7, 11) is 1.15. The number of alkyl halides is 2. The average Bonchev–Trinajstić information content (AvgIpc) is 2.27. The molecule has 1 fully saturated rings. The molecule has 0 amide bonds. The van der Waals surface area contributed by atoms with Gasteiger partial charge in [0, 0.05) is 19.9 Å². The van der Waals surface area contributed by atoms with Gasteiger partial charge in [-0.1, -0.05) is 0 Å². The van der Waals surface area contributed by atoms with Crippen LogP contribution in [0.15, 0.2) is 12.3 Å². The zero-order valence-corrected chi connectivity index (χ0v) is 9.75. The maximum atomic E-state index is 13.7. The van der Waals surface area contributed by atoms with E-state index in [0.717, 1.165) is 7.11 Å². The van der Waals surface area contributed by atoms with E-state index in [-0.39, 0.29) is 18.3 Å². The lowest BCUT2D eigenvalue weighted by molar-refractivity contribution is -0.171. The molecule has 18 heavy (non-hydrogen) atoms. The fraction of sp³-hybridized carbons (Fsp3) is 0.600. The monoisotopic (exact) mass is 260 g/mol. The van der Waals surface area contributed by atoms with Crippen LogP contribution in [0.5, 0.6) is 0 Å². The second-order valence-electron chi connectivity index (χ2n) is 4.15. The molecule has 1 aliphatic rings. The Hall–Kier alpha value is -1.54. The van der Waals surface area contributed by atoms with Crippen LogP contribution in [0.3, 0.4) is 0 Å². The quantitative estimate of drug-likeness (QED) is 0.772. The largest absolute Gasteiger partial charge is 0.388 e. The van der Waals surface area contributed by atoms with Gasteiger partial charge in [0.25, 0.3) is 5.92 Å². The van der Waals surface area contributed by atoms with Gasteiger partial charge in [-0.2, -0.15) is 4.98 Å². The van der Waals surface area contributed by atoms with Crippen LogP contribution in [0.4, 0.5) is 20.5 Å². The van der Waals surface area contributed by atoms with Crippen LogP contribution >= 0.6 is 0 Å². The van der Waals surface area contributed by atoms with E-state index in [1.54, 1.807) is 0 Å². The van der Waals surface area contributed by atoms with Gasteiger partial charge in [0.05, 0.1) is 6.54 Å². The van der Waals surface area contributed by atoms with E-state index in [1.807, 2.05) is 0 Å². The number of hydrogen-bond acceptors (Lipinski definition) is 6. The van der Waals surface area contributed by atoms with Crippen molar-refractivity contribution in [2.24, 2.45) is 0 Å². The van der Waals surface area contributed by atoms with Crippen molar-refractivity contribution in [3.8, 4) is 0 Å². The molecule has 2 rings (SSSR count). The van der Waals surface area contributed by atoms with E-state index in [4.69, 9.17) is 5.73 Å². The van der Waals surface area contributed by atoms with Gasteiger partial charge < -0.3 is 20.5 Å². The van der Waals surface area contributed by atoms with Crippen molar-refractivity contribution >= 4 is 11.8 Å². The number of aromatic nitrogens is 2. The summed E-state index contributed by atoms with van der Waals surface area (Å²) in [6.07, 6.45) is -1.46. The van der Waals surface area contributed by atoms with Crippen LogP contribution in [0.2, 0.25) is 0 Å². The third-order valence-corrected chi connectivity index (χ3v) is 2.78. The summed E-state index contributed by atoms with van der Waals surface area (Å²) in [6, 6.07) is 1.46. The summed E-state index contributed by atoms with van der Waals surface area (Å²) in [5.74, 6) is -2.92. The summed E-state index contributed by atoms with van der Waals surface area (Å²) in [5, 5.41) is 9.67. The fourth-order valence-electron chi connectivity index (χ4n) is 2.01. The lowest BCUT2D eigenvalue weighted by Gasteiger charge is -2.40. The molecule has 3 N–H and O–H groups in total. The lowest BCUT2D eigenvalue weighted by atomic mass is 10.0. The van der Waals surface area contributed by atoms with Crippen LogP contribution < -0.4 is 10.6 Å². The van der Waals surface area contributed by atoms with E-state index in [0.29, 0.717) is 0 Å². The highest BCUT2D eigenvalue weighted by atomic mass is 19.3. The number of nitrogen functional groups attached to an aromatic ring is 1. The molecule has 1 aromatic heterocycles. The Morgan fingerprint density at radius 3 is 2.89 bits per heavy atom. The van der Waals surface area contributed by atoms with E-state index < -0.39 is 24.7 Å². The number of piperidine rings is 1. The van der Waals surface area contributed by atoms with Crippen LogP contribution in [0.1, 0.15) is 0 Å². The predicted molar refractivity (Wildman–Crippen MR) is 60.4 cm³/mol. The van der Waals surface area contributed by atoms with E-state index in [2.05, 4.69) is 14.7 Å². The second-order valence-corrected chi connectivity index (χ2v) is 4.15. The normalized spacial score (nSPS) is 27.2. The maximum Gasteiger partial charge on any atom is 0.293 e. The standard InChI is InChI=1S/C10H14F2N4O2/c1-18-8-6(17)4-16(5-10(8,11)12)9-14-3-2-7(13)15-9/h2-3,6,8,17H,4-5H2,1H3,(H2,13,14,15)/t6-,8-/m1/s1. The van der Waals surface area contributed by atoms with Gasteiger partial charge in [-0.15, -0.1) is 0 Å². The van der Waals surface area contributed by atoms with Gasteiger partial charge in [-0.3, -0.25) is 0 Å². The third-order valence-electron chi connectivity index (χ3n) is 2.78. The predicted octanol–water partition coefficient (Wildman–Crippen LogP) is -0.110. The van der Waals surface area contributed by atoms with Crippen molar-refractivity contribution in [2.45, 2.75) is 18.1 Å². The molecule has 2 heterocycles. The molecule has 1 saturated heterocycles. The van der Waals surface area contributed by atoms with Crippen LogP contribution in [0.25, 0.3) is 0 Å². The van der Waals surface area contributed by atoms with Crippen molar-refractivity contribution in [1.82, 2.24) is 9.97 Å². The lowest BCUT2D eigenvalue weighted by Crippen LogP contribution is -2.60. The average molecular weight is 260 g/mol. The Bertz CT molecular complexity index is 432. The Labute approximate surface area is 102 Å². The molecule has 8 heteroatoms. The molecule has 0 spiro atoms. The van der Waals surface area contributed by atoms with Crippen molar-refractivity contribution < 1.29 is 18.6 Å². The topological polar surface area (TPSA) is 84.5 Å². The summed E-state index contributed by atoms with van der Waals surface area (Å²) < 4.78 is 32.1. The SMILES string of the molecule is CO[C@@H]1[C@H](O)CN(c2nccc(N)n2)CC1(F)F. The smallest absolute Gasteiger partial charge is 0.293 e. The minimum atomic E-state index is -3.18. The van der Waals surface area contributed by atoms with Gasteiger partial charge in [0.2, 0.25) is 5.95 Å². The third kappa shape index (κ3) is 2.34. The molecular weight excluding hydrogens is 246 g/mol. The zero-order chi connectivity index (χ0) is 13.3. The van der Waals surface area contributed by atoms with Crippen molar-refractivity contribution in [1.29, 1.82) is 0 Å². The van der Waals surface area contributed by atoms with Gasteiger partial charge in [-0.25, -0.2) is 13.8 Å². The number of nitrogens with two attached hydrogens (primary N) is 1. The first-order chi connectivity index (χ1) is 8.44. The Kier molecular flexibility index (Phi) is 3.31. The van der Waals surface area contributed by atoms with Crippen molar-refractivity contribution in [3.63, 3.8) is 0 Å². The first kappa shape index (κ1) is 12.9. The molecule has 0 unspecified atom stereocenters. The minimum Gasteiger partial charge on any atom is -0.388 e. The minimum absolute atomic E-state index is 0.0302. The first-order valence-corrected chi connectivity index (χ1v) is 5.36. The summed E-state index contributed by atoms with van der Waals surface area (Å²) in [5.41, 5.74) is 5.47. The maximum absolute atomic E-state index is 13.7. The first-order valence-electron chi connectivity index (χ1n) is 5.36. The number of ether oxygens (including phenoxy) is 1. The number of nitrogens with zero attached hydrogens (tertiary/aromatic N) is 3. The van der Waals surface area contributed by atoms with E-state index >= 15 is 0 Å². The van der Waals surface area contributed by atoms with Crippen LogP contribution in [0, 0.1) is 0 Å². The number of rotatable bonds is 2. The molecule has 0 saturated carbocycles. The molecule has 100 valence electrons. The molecule has 1 aliphatic heterocycles. The number of halogens is 2. The van der Waals surface area contributed by atoms with E-state index in [9.17, 15) is 13.9 Å². The highest BCUT2D eigenvalue weighted by Gasteiger charge is 2.50. The Balaban J connectivity index is 2.23. The Morgan fingerprint density at radius 2 is 2.33 bits per heavy atom. The van der Waals surface area contributed by atoms with Gasteiger partial charge in [0.1, 0.15) is 18.0 Å². The Morgan fingerprint density at radius 1 is 1.61 bits per heavy atom. The molecule has 0 bridgehead atoms. The number of methoxy groups -OCH3 is 1. The molecule has 1 aromatic rings. The molecule has 6 nitrogen and oxygen atoms in total. The molecule has 0 aliphatic carbocycles.